The first-order valence-corrected chi connectivity index (χ1v) is 9.81. The summed E-state index contributed by atoms with van der Waals surface area (Å²) in [6.45, 7) is 12.3. The van der Waals surface area contributed by atoms with Crippen molar-refractivity contribution in [2.45, 2.75) is 59.1 Å². The highest BCUT2D eigenvalue weighted by Crippen LogP contribution is 2.22. The first-order valence-electron chi connectivity index (χ1n) is 9.81. The van der Waals surface area contributed by atoms with Gasteiger partial charge in [0.2, 0.25) is 5.89 Å². The number of benzene rings is 1. The highest BCUT2D eigenvalue weighted by molar-refractivity contribution is 14.0. The van der Waals surface area contributed by atoms with E-state index in [1.54, 1.807) is 7.05 Å². The van der Waals surface area contributed by atoms with Crippen molar-refractivity contribution in [2.75, 3.05) is 20.2 Å². The molecular weight excluding hydrogens is 481 g/mol. The van der Waals surface area contributed by atoms with Crippen molar-refractivity contribution in [3.8, 4) is 0 Å². The molecule has 0 aliphatic heterocycles. The number of rotatable bonds is 8. The fourth-order valence-corrected chi connectivity index (χ4v) is 2.71. The van der Waals surface area contributed by atoms with Gasteiger partial charge in [-0.05, 0) is 36.8 Å². The molecule has 0 aliphatic carbocycles. The first kappa shape index (κ1) is 25.4. The van der Waals surface area contributed by atoms with Gasteiger partial charge in [0.25, 0.3) is 0 Å². The molecule has 2 N–H and O–H groups in total. The Morgan fingerprint density at radius 3 is 2.48 bits per heavy atom. The third-order valence-corrected chi connectivity index (χ3v) is 4.42. The highest BCUT2D eigenvalue weighted by Gasteiger charge is 2.14. The van der Waals surface area contributed by atoms with Gasteiger partial charge < -0.3 is 19.9 Å². The van der Waals surface area contributed by atoms with E-state index in [0.717, 1.165) is 13.0 Å². The molecule has 8 heteroatoms. The number of aromatic nitrogens is 2. The van der Waals surface area contributed by atoms with Crippen molar-refractivity contribution in [1.29, 1.82) is 0 Å². The van der Waals surface area contributed by atoms with Crippen LogP contribution in [-0.2, 0) is 23.1 Å². The number of nitrogens with zero attached hydrogens (tertiary/aromatic N) is 3. The molecule has 1 atom stereocenters. The van der Waals surface area contributed by atoms with Gasteiger partial charge in [0.15, 0.2) is 11.8 Å². The van der Waals surface area contributed by atoms with E-state index in [4.69, 9.17) is 9.26 Å². The molecule has 0 fully saturated rings. The SMILES string of the molecule is CCOC(C)c1noc(CNC(=NC)NCCc2ccc(C(C)(C)C)cc2)n1.I. The van der Waals surface area contributed by atoms with Crippen LogP contribution in [-0.4, -0.2) is 36.3 Å². The Hall–Kier alpha value is -1.68. The van der Waals surface area contributed by atoms with E-state index in [2.05, 4.69) is 70.8 Å². The number of aliphatic imine (C=N–C) groups is 1. The number of halogens is 1. The zero-order chi connectivity index (χ0) is 20.6. The van der Waals surface area contributed by atoms with Crippen molar-refractivity contribution in [3.63, 3.8) is 0 Å². The third kappa shape index (κ3) is 8.30. The number of ether oxygens (including phenoxy) is 1. The van der Waals surface area contributed by atoms with Crippen LogP contribution in [0.5, 0.6) is 0 Å². The molecule has 0 saturated heterocycles. The molecule has 0 amide bonds. The van der Waals surface area contributed by atoms with Crippen LogP contribution in [0, 0.1) is 0 Å². The lowest BCUT2D eigenvalue weighted by Gasteiger charge is -2.19. The second-order valence-corrected chi connectivity index (χ2v) is 7.69. The quantitative estimate of drug-likeness (QED) is 0.314. The van der Waals surface area contributed by atoms with Gasteiger partial charge in [0.1, 0.15) is 6.10 Å². The zero-order valence-electron chi connectivity index (χ0n) is 18.3. The Morgan fingerprint density at radius 2 is 1.90 bits per heavy atom. The molecule has 29 heavy (non-hydrogen) atoms. The molecule has 1 aromatic carbocycles. The lowest BCUT2D eigenvalue weighted by Crippen LogP contribution is -2.37. The maximum absolute atomic E-state index is 5.47. The molecule has 2 rings (SSSR count). The molecule has 1 aromatic heterocycles. The number of hydrogen-bond acceptors (Lipinski definition) is 5. The van der Waals surface area contributed by atoms with E-state index in [1.807, 2.05) is 13.8 Å². The van der Waals surface area contributed by atoms with Gasteiger partial charge in [-0.25, -0.2) is 0 Å². The fraction of sp³-hybridized carbons (Fsp3) is 0.571. The summed E-state index contributed by atoms with van der Waals surface area (Å²) in [5, 5.41) is 10.4. The van der Waals surface area contributed by atoms with E-state index in [1.165, 1.54) is 11.1 Å². The van der Waals surface area contributed by atoms with Crippen molar-refractivity contribution in [2.24, 2.45) is 4.99 Å². The van der Waals surface area contributed by atoms with Gasteiger partial charge in [-0.3, -0.25) is 4.99 Å². The van der Waals surface area contributed by atoms with Crippen LogP contribution in [0.3, 0.4) is 0 Å². The standard InChI is InChI=1S/C21H33N5O2.HI/c1-7-27-15(2)19-25-18(28-26-19)14-24-20(22-6)23-13-12-16-8-10-17(11-9-16)21(3,4)5;/h8-11,15H,7,12-14H2,1-6H3,(H2,22,23,24);1H. The second-order valence-electron chi connectivity index (χ2n) is 7.69. The average Bonchev–Trinajstić information content (AvgIpc) is 3.13. The number of guanidine groups is 1. The molecule has 1 heterocycles. The third-order valence-electron chi connectivity index (χ3n) is 4.42. The zero-order valence-corrected chi connectivity index (χ0v) is 20.6. The average molecular weight is 515 g/mol. The van der Waals surface area contributed by atoms with E-state index < -0.39 is 0 Å². The van der Waals surface area contributed by atoms with Crippen LogP contribution in [0.1, 0.15) is 63.6 Å². The fourth-order valence-electron chi connectivity index (χ4n) is 2.71. The molecule has 0 spiro atoms. The van der Waals surface area contributed by atoms with Crippen LogP contribution in [0.25, 0.3) is 0 Å². The van der Waals surface area contributed by atoms with Crippen LogP contribution in [0.2, 0.25) is 0 Å². The van der Waals surface area contributed by atoms with E-state index in [-0.39, 0.29) is 35.5 Å². The molecule has 0 bridgehead atoms. The lowest BCUT2D eigenvalue weighted by atomic mass is 9.86. The summed E-state index contributed by atoms with van der Waals surface area (Å²) in [7, 11) is 1.74. The van der Waals surface area contributed by atoms with Crippen molar-refractivity contribution < 1.29 is 9.26 Å². The predicted molar refractivity (Wildman–Crippen MR) is 127 cm³/mol. The number of nitrogens with one attached hydrogen (secondary N) is 2. The second kappa shape index (κ2) is 12.1. The Kier molecular flexibility index (Phi) is 10.6. The highest BCUT2D eigenvalue weighted by atomic mass is 127. The summed E-state index contributed by atoms with van der Waals surface area (Å²) in [4.78, 5) is 8.57. The summed E-state index contributed by atoms with van der Waals surface area (Å²) < 4.78 is 10.7. The first-order chi connectivity index (χ1) is 13.3. The van der Waals surface area contributed by atoms with Crippen molar-refractivity contribution >= 4 is 29.9 Å². The van der Waals surface area contributed by atoms with E-state index in [9.17, 15) is 0 Å². The summed E-state index contributed by atoms with van der Waals surface area (Å²) in [5.41, 5.74) is 2.82. The van der Waals surface area contributed by atoms with Crippen molar-refractivity contribution in [1.82, 2.24) is 20.8 Å². The Balaban J connectivity index is 0.00000420. The molecule has 0 aliphatic rings. The summed E-state index contributed by atoms with van der Waals surface area (Å²) in [6, 6.07) is 8.80. The van der Waals surface area contributed by atoms with Gasteiger partial charge in [-0.15, -0.1) is 24.0 Å². The topological polar surface area (TPSA) is 84.6 Å². The van der Waals surface area contributed by atoms with Crippen LogP contribution >= 0.6 is 24.0 Å². The monoisotopic (exact) mass is 515 g/mol. The molecule has 0 radical (unpaired) electrons. The summed E-state index contributed by atoms with van der Waals surface area (Å²) in [6.07, 6.45) is 0.742. The minimum Gasteiger partial charge on any atom is -0.371 e. The maximum Gasteiger partial charge on any atom is 0.246 e. The normalized spacial score (nSPS) is 13.0. The van der Waals surface area contributed by atoms with E-state index in [0.29, 0.717) is 30.8 Å². The minimum atomic E-state index is -0.176. The predicted octanol–water partition coefficient (Wildman–Crippen LogP) is 3.99. The lowest BCUT2D eigenvalue weighted by molar-refractivity contribution is 0.0683. The Labute approximate surface area is 191 Å². The maximum atomic E-state index is 5.47. The molecule has 1 unspecified atom stereocenters. The van der Waals surface area contributed by atoms with E-state index >= 15 is 0 Å². The summed E-state index contributed by atoms with van der Waals surface area (Å²) in [5.74, 6) is 1.76. The largest absolute Gasteiger partial charge is 0.371 e. The number of hydrogen-bond donors (Lipinski definition) is 2. The molecular formula is C21H34IN5O2. The molecule has 0 saturated carbocycles. The molecule has 162 valence electrons. The Morgan fingerprint density at radius 1 is 1.21 bits per heavy atom. The minimum absolute atomic E-state index is 0. The van der Waals surface area contributed by atoms with Crippen LogP contribution in [0.4, 0.5) is 0 Å². The molecule has 7 nitrogen and oxygen atoms in total. The Bertz CT molecular complexity index is 753. The van der Waals surface area contributed by atoms with Gasteiger partial charge in [0.05, 0.1) is 6.54 Å². The van der Waals surface area contributed by atoms with Gasteiger partial charge in [0, 0.05) is 20.2 Å². The van der Waals surface area contributed by atoms with Crippen molar-refractivity contribution in [3.05, 3.63) is 47.1 Å². The van der Waals surface area contributed by atoms with Gasteiger partial charge in [-0.1, -0.05) is 50.2 Å². The van der Waals surface area contributed by atoms with Crippen LogP contribution < -0.4 is 10.6 Å². The molecule has 2 aromatic rings. The smallest absolute Gasteiger partial charge is 0.246 e. The van der Waals surface area contributed by atoms with Gasteiger partial charge in [-0.2, -0.15) is 4.98 Å². The summed E-state index contributed by atoms with van der Waals surface area (Å²) >= 11 is 0. The van der Waals surface area contributed by atoms with Gasteiger partial charge >= 0.3 is 0 Å². The van der Waals surface area contributed by atoms with Crippen LogP contribution in [0.15, 0.2) is 33.8 Å².